The Hall–Kier alpha value is -0.990. The van der Waals surface area contributed by atoms with Gasteiger partial charge in [-0.2, -0.15) is 0 Å². The summed E-state index contributed by atoms with van der Waals surface area (Å²) >= 11 is 5.84. The second-order valence-electron chi connectivity index (χ2n) is 2.51. The zero-order chi connectivity index (χ0) is 9.68. The van der Waals surface area contributed by atoms with E-state index in [-0.39, 0.29) is 6.61 Å². The Labute approximate surface area is 82.4 Å². The van der Waals surface area contributed by atoms with Crippen LogP contribution in [0.1, 0.15) is 0 Å². The van der Waals surface area contributed by atoms with Gasteiger partial charge in [-0.15, -0.1) is 0 Å². The number of hydrogen-bond acceptors (Lipinski definition) is 2. The number of aliphatic hydroxyl groups excluding tert-OH is 1. The van der Waals surface area contributed by atoms with Crippen molar-refractivity contribution in [3.8, 4) is 5.75 Å². The summed E-state index contributed by atoms with van der Waals surface area (Å²) in [5, 5.41) is 9.37. The molecule has 1 aromatic carbocycles. The van der Waals surface area contributed by atoms with Gasteiger partial charge >= 0.3 is 0 Å². The zero-order valence-electron chi connectivity index (χ0n) is 7.11. The van der Waals surface area contributed by atoms with Crippen LogP contribution in [0.3, 0.4) is 0 Å². The Bertz CT molecular complexity index is 286. The van der Waals surface area contributed by atoms with Gasteiger partial charge in [-0.1, -0.05) is 30.3 Å². The minimum atomic E-state index is -0.403. The lowest BCUT2D eigenvalue weighted by molar-refractivity contribution is 0.150. The molecule has 0 heterocycles. The molecule has 0 aliphatic heterocycles. The fourth-order valence-electron chi connectivity index (χ4n) is 0.863. The molecule has 0 fully saturated rings. The van der Waals surface area contributed by atoms with Crippen molar-refractivity contribution in [3.63, 3.8) is 0 Å². The topological polar surface area (TPSA) is 29.5 Å². The van der Waals surface area contributed by atoms with Crippen molar-refractivity contribution < 1.29 is 9.84 Å². The van der Waals surface area contributed by atoms with Crippen LogP contribution in [0.25, 0.3) is 0 Å². The van der Waals surface area contributed by atoms with Gasteiger partial charge in [0.15, 0.2) is 0 Å². The second-order valence-corrected chi connectivity index (χ2v) is 2.91. The molecular weight excluding hydrogens is 188 g/mol. The first kappa shape index (κ1) is 10.1. The van der Waals surface area contributed by atoms with Crippen molar-refractivity contribution in [2.75, 3.05) is 6.61 Å². The number of rotatable bonds is 4. The highest BCUT2D eigenvalue weighted by atomic mass is 35.5. The van der Waals surface area contributed by atoms with E-state index in [0.717, 1.165) is 0 Å². The van der Waals surface area contributed by atoms with Crippen LogP contribution in [-0.4, -0.2) is 17.8 Å². The van der Waals surface area contributed by atoms with Gasteiger partial charge in [0.05, 0.1) is 11.6 Å². The Balaban J connectivity index is 2.73. The van der Waals surface area contributed by atoms with Crippen LogP contribution >= 0.6 is 11.6 Å². The van der Waals surface area contributed by atoms with E-state index >= 15 is 0 Å². The van der Waals surface area contributed by atoms with Gasteiger partial charge in [0.25, 0.3) is 0 Å². The molecule has 70 valence electrons. The van der Waals surface area contributed by atoms with Gasteiger partial charge in [-0.3, -0.25) is 0 Å². The van der Waals surface area contributed by atoms with Crippen LogP contribution in [0.5, 0.6) is 5.75 Å². The number of benzene rings is 1. The third-order valence-corrected chi connectivity index (χ3v) is 1.87. The van der Waals surface area contributed by atoms with Crippen LogP contribution in [-0.2, 0) is 0 Å². The first-order valence-electron chi connectivity index (χ1n) is 3.92. The molecule has 2 nitrogen and oxygen atoms in total. The van der Waals surface area contributed by atoms with E-state index in [1.165, 1.54) is 6.08 Å². The molecule has 1 unspecified atom stereocenters. The van der Waals surface area contributed by atoms with Gasteiger partial charge in [-0.25, -0.2) is 0 Å². The largest absolute Gasteiger partial charge is 0.482 e. The smallest absolute Gasteiger partial charge is 0.140 e. The standard InChI is InChI=1S/C10H11ClO2/c1-2-8(7-12)13-10-6-4-3-5-9(10)11/h2-6,8,12H,1,7H2. The summed E-state index contributed by atoms with van der Waals surface area (Å²) in [6.07, 6.45) is 1.13. The van der Waals surface area contributed by atoms with Gasteiger partial charge in [0.1, 0.15) is 11.9 Å². The summed E-state index contributed by atoms with van der Waals surface area (Å²) in [6, 6.07) is 7.11. The number of hydrogen-bond donors (Lipinski definition) is 1. The van der Waals surface area contributed by atoms with E-state index in [0.29, 0.717) is 10.8 Å². The summed E-state index contributed by atoms with van der Waals surface area (Å²) in [7, 11) is 0. The highest BCUT2D eigenvalue weighted by molar-refractivity contribution is 6.32. The number of ether oxygens (including phenoxy) is 1. The molecule has 0 spiro atoms. The van der Waals surface area contributed by atoms with E-state index in [4.69, 9.17) is 21.4 Å². The Morgan fingerprint density at radius 3 is 2.77 bits per heavy atom. The third kappa shape index (κ3) is 2.76. The lowest BCUT2D eigenvalue weighted by atomic mass is 10.3. The molecule has 0 saturated heterocycles. The fraction of sp³-hybridized carbons (Fsp3) is 0.200. The van der Waals surface area contributed by atoms with Crippen LogP contribution in [0.2, 0.25) is 5.02 Å². The Morgan fingerprint density at radius 1 is 1.54 bits per heavy atom. The molecule has 13 heavy (non-hydrogen) atoms. The maximum Gasteiger partial charge on any atom is 0.140 e. The average Bonchev–Trinajstić information content (AvgIpc) is 2.17. The molecule has 1 N–H and O–H groups in total. The van der Waals surface area contributed by atoms with Crippen molar-refractivity contribution in [2.45, 2.75) is 6.10 Å². The van der Waals surface area contributed by atoms with Crippen LogP contribution in [0.4, 0.5) is 0 Å². The quantitative estimate of drug-likeness (QED) is 0.753. The monoisotopic (exact) mass is 198 g/mol. The van der Waals surface area contributed by atoms with Gasteiger partial charge in [0, 0.05) is 0 Å². The van der Waals surface area contributed by atoms with Crippen molar-refractivity contribution in [3.05, 3.63) is 41.9 Å². The van der Waals surface area contributed by atoms with Crippen molar-refractivity contribution >= 4 is 11.6 Å². The van der Waals surface area contributed by atoms with Crippen LogP contribution in [0, 0.1) is 0 Å². The number of para-hydroxylation sites is 1. The molecule has 1 aromatic rings. The van der Waals surface area contributed by atoms with Crippen molar-refractivity contribution in [1.82, 2.24) is 0 Å². The first-order valence-corrected chi connectivity index (χ1v) is 4.30. The highest BCUT2D eigenvalue weighted by Gasteiger charge is 2.06. The molecule has 0 radical (unpaired) electrons. The van der Waals surface area contributed by atoms with Crippen molar-refractivity contribution in [2.24, 2.45) is 0 Å². The predicted octanol–water partition coefficient (Wildman–Crippen LogP) is 2.27. The first-order chi connectivity index (χ1) is 6.27. The molecule has 0 aliphatic rings. The second kappa shape index (κ2) is 4.90. The average molecular weight is 199 g/mol. The molecule has 3 heteroatoms. The fourth-order valence-corrected chi connectivity index (χ4v) is 1.04. The minimum Gasteiger partial charge on any atom is -0.482 e. The zero-order valence-corrected chi connectivity index (χ0v) is 7.87. The van der Waals surface area contributed by atoms with E-state index in [2.05, 4.69) is 6.58 Å². The molecule has 0 aliphatic carbocycles. The SMILES string of the molecule is C=CC(CO)Oc1ccccc1Cl. The number of aliphatic hydroxyl groups is 1. The van der Waals surface area contributed by atoms with E-state index in [1.807, 2.05) is 12.1 Å². The molecule has 0 bridgehead atoms. The molecule has 0 aromatic heterocycles. The predicted molar refractivity (Wildman–Crippen MR) is 53.2 cm³/mol. The Kier molecular flexibility index (Phi) is 3.80. The van der Waals surface area contributed by atoms with Crippen molar-refractivity contribution in [1.29, 1.82) is 0 Å². The van der Waals surface area contributed by atoms with Crippen LogP contribution < -0.4 is 4.74 Å². The molecule has 0 amide bonds. The third-order valence-electron chi connectivity index (χ3n) is 1.56. The van der Waals surface area contributed by atoms with Gasteiger partial charge in [-0.05, 0) is 18.2 Å². The summed E-state index contributed by atoms with van der Waals surface area (Å²) in [5.41, 5.74) is 0. The molecule has 1 atom stereocenters. The molecule has 1 rings (SSSR count). The van der Waals surface area contributed by atoms with Gasteiger partial charge in [0.2, 0.25) is 0 Å². The summed E-state index contributed by atoms with van der Waals surface area (Å²) in [4.78, 5) is 0. The summed E-state index contributed by atoms with van der Waals surface area (Å²) in [6.45, 7) is 3.43. The van der Waals surface area contributed by atoms with Gasteiger partial charge < -0.3 is 9.84 Å². The van der Waals surface area contributed by atoms with E-state index in [1.54, 1.807) is 12.1 Å². The highest BCUT2D eigenvalue weighted by Crippen LogP contribution is 2.24. The summed E-state index contributed by atoms with van der Waals surface area (Å²) < 4.78 is 5.34. The summed E-state index contributed by atoms with van der Waals surface area (Å²) in [5.74, 6) is 0.558. The lowest BCUT2D eigenvalue weighted by Crippen LogP contribution is -2.17. The number of halogens is 1. The maximum absolute atomic E-state index is 8.84. The maximum atomic E-state index is 8.84. The Morgan fingerprint density at radius 2 is 2.23 bits per heavy atom. The van der Waals surface area contributed by atoms with E-state index in [9.17, 15) is 0 Å². The normalized spacial score (nSPS) is 12.2. The molecule has 0 saturated carbocycles. The van der Waals surface area contributed by atoms with E-state index < -0.39 is 6.10 Å². The molecular formula is C10H11ClO2. The lowest BCUT2D eigenvalue weighted by Gasteiger charge is -2.13. The minimum absolute atomic E-state index is 0.102. The van der Waals surface area contributed by atoms with Crippen LogP contribution in [0.15, 0.2) is 36.9 Å².